The van der Waals surface area contributed by atoms with Crippen LogP contribution in [0.1, 0.15) is 12.1 Å². The Kier molecular flexibility index (Phi) is 2.41. The van der Waals surface area contributed by atoms with Crippen molar-refractivity contribution < 1.29 is 8.78 Å². The summed E-state index contributed by atoms with van der Waals surface area (Å²) in [5, 5.41) is 7.77. The first-order valence-corrected chi connectivity index (χ1v) is 4.67. The molecule has 1 heterocycles. The summed E-state index contributed by atoms with van der Waals surface area (Å²) >= 11 is 3.26. The molecule has 0 radical (unpaired) electrons. The van der Waals surface area contributed by atoms with Gasteiger partial charge in [-0.2, -0.15) is 5.10 Å². The molecule has 0 fully saturated rings. The van der Waals surface area contributed by atoms with Crippen molar-refractivity contribution >= 4 is 26.8 Å². The largest absolute Gasteiger partial charge is 0.282 e. The van der Waals surface area contributed by atoms with Gasteiger partial charge in [0.15, 0.2) is 0 Å². The molecule has 0 N–H and O–H groups in total. The Hall–Kier alpha value is -1.10. The minimum absolute atomic E-state index is 0.296. The van der Waals surface area contributed by atoms with Gasteiger partial charge in [0.05, 0.1) is 5.52 Å². The zero-order chi connectivity index (χ0) is 10.1. The van der Waals surface area contributed by atoms with Crippen molar-refractivity contribution in [2.45, 2.75) is 6.43 Å². The standard InChI is InChI=1S/C9H5BrF2N2/c10-6-1-2-7-5(3-6)4-8(9(11)12)14-13-7/h1-4,9H. The average Bonchev–Trinajstić information content (AvgIpc) is 2.16. The van der Waals surface area contributed by atoms with Gasteiger partial charge in [0.1, 0.15) is 5.69 Å². The van der Waals surface area contributed by atoms with Crippen LogP contribution >= 0.6 is 15.9 Å². The number of rotatable bonds is 1. The van der Waals surface area contributed by atoms with Gasteiger partial charge in [-0.3, -0.25) is 0 Å². The fourth-order valence-electron chi connectivity index (χ4n) is 1.14. The van der Waals surface area contributed by atoms with Crippen LogP contribution in [0.3, 0.4) is 0 Å². The number of aromatic nitrogens is 2. The van der Waals surface area contributed by atoms with Crippen LogP contribution in [0.15, 0.2) is 28.7 Å². The summed E-state index contributed by atoms with van der Waals surface area (Å²) in [6.45, 7) is 0. The first-order chi connectivity index (χ1) is 6.66. The third-order valence-electron chi connectivity index (χ3n) is 1.79. The molecule has 2 aromatic rings. The molecule has 2 rings (SSSR count). The Balaban J connectivity index is 2.63. The molecule has 72 valence electrons. The lowest BCUT2D eigenvalue weighted by Gasteiger charge is -2.00. The molecular weight excluding hydrogens is 254 g/mol. The number of halogens is 3. The summed E-state index contributed by atoms with van der Waals surface area (Å²) < 4.78 is 25.4. The Morgan fingerprint density at radius 1 is 1.14 bits per heavy atom. The van der Waals surface area contributed by atoms with Gasteiger partial charge in [-0.15, -0.1) is 5.10 Å². The Morgan fingerprint density at radius 3 is 2.64 bits per heavy atom. The molecule has 0 unspecified atom stereocenters. The normalized spacial score (nSPS) is 11.1. The summed E-state index contributed by atoms with van der Waals surface area (Å²) in [4.78, 5) is 0. The molecule has 1 aromatic carbocycles. The van der Waals surface area contributed by atoms with Gasteiger partial charge in [-0.25, -0.2) is 8.78 Å². The van der Waals surface area contributed by atoms with Crippen molar-refractivity contribution in [1.82, 2.24) is 10.2 Å². The van der Waals surface area contributed by atoms with E-state index in [0.717, 1.165) is 4.47 Å². The lowest BCUT2D eigenvalue weighted by molar-refractivity contribution is 0.145. The SMILES string of the molecule is FC(F)c1cc2cc(Br)ccc2nn1. The maximum atomic E-state index is 12.3. The quantitative estimate of drug-likeness (QED) is 0.784. The van der Waals surface area contributed by atoms with E-state index in [1.807, 2.05) is 0 Å². The first-order valence-electron chi connectivity index (χ1n) is 3.88. The van der Waals surface area contributed by atoms with E-state index in [0.29, 0.717) is 10.9 Å². The highest BCUT2D eigenvalue weighted by Crippen LogP contribution is 2.22. The monoisotopic (exact) mass is 258 g/mol. The first kappa shape index (κ1) is 9.45. The van der Waals surface area contributed by atoms with E-state index in [2.05, 4.69) is 26.1 Å². The van der Waals surface area contributed by atoms with Crippen LogP contribution in [0, 0.1) is 0 Å². The highest BCUT2D eigenvalue weighted by atomic mass is 79.9. The van der Waals surface area contributed by atoms with Crippen LogP contribution in [0.4, 0.5) is 8.78 Å². The number of alkyl halides is 2. The van der Waals surface area contributed by atoms with E-state index in [1.165, 1.54) is 6.07 Å². The summed E-state index contributed by atoms with van der Waals surface area (Å²) in [5.41, 5.74) is 0.313. The topological polar surface area (TPSA) is 25.8 Å². The molecule has 2 nitrogen and oxygen atoms in total. The van der Waals surface area contributed by atoms with Crippen molar-refractivity contribution in [2.24, 2.45) is 0 Å². The fourth-order valence-corrected chi connectivity index (χ4v) is 1.52. The van der Waals surface area contributed by atoms with Crippen LogP contribution in [-0.4, -0.2) is 10.2 Å². The smallest absolute Gasteiger partial charge is 0.203 e. The van der Waals surface area contributed by atoms with E-state index in [9.17, 15) is 8.78 Å². The minimum Gasteiger partial charge on any atom is -0.203 e. The molecule has 0 aliphatic carbocycles. The number of hydrogen-bond acceptors (Lipinski definition) is 2. The highest BCUT2D eigenvalue weighted by molar-refractivity contribution is 9.10. The van der Waals surface area contributed by atoms with Gasteiger partial charge < -0.3 is 0 Å². The third-order valence-corrected chi connectivity index (χ3v) is 2.28. The zero-order valence-electron chi connectivity index (χ0n) is 6.92. The Labute approximate surface area is 87.1 Å². The molecule has 1 aromatic heterocycles. The molecule has 0 atom stereocenters. The second-order valence-corrected chi connectivity index (χ2v) is 3.69. The number of hydrogen-bond donors (Lipinski definition) is 0. The van der Waals surface area contributed by atoms with Crippen LogP contribution in [0.25, 0.3) is 10.9 Å². The molecule has 0 bridgehead atoms. The van der Waals surface area contributed by atoms with Crippen LogP contribution in [-0.2, 0) is 0 Å². The lowest BCUT2D eigenvalue weighted by Crippen LogP contribution is -1.93. The predicted octanol–water partition coefficient (Wildman–Crippen LogP) is 3.33. The lowest BCUT2D eigenvalue weighted by atomic mass is 10.2. The number of nitrogens with zero attached hydrogens (tertiary/aromatic N) is 2. The average molecular weight is 259 g/mol. The van der Waals surface area contributed by atoms with Gasteiger partial charge in [0.2, 0.25) is 0 Å². The summed E-state index contributed by atoms with van der Waals surface area (Å²) in [6, 6.07) is 6.59. The molecule has 0 saturated carbocycles. The maximum Gasteiger partial charge on any atom is 0.282 e. The molecule has 0 saturated heterocycles. The second-order valence-electron chi connectivity index (χ2n) is 2.77. The third kappa shape index (κ3) is 1.72. The zero-order valence-corrected chi connectivity index (χ0v) is 8.50. The number of benzene rings is 1. The summed E-state index contributed by atoms with van der Waals surface area (Å²) in [7, 11) is 0. The molecule has 14 heavy (non-hydrogen) atoms. The van der Waals surface area contributed by atoms with Gasteiger partial charge >= 0.3 is 0 Å². The second kappa shape index (κ2) is 3.57. The van der Waals surface area contributed by atoms with E-state index < -0.39 is 6.43 Å². The molecule has 5 heteroatoms. The van der Waals surface area contributed by atoms with Crippen molar-refractivity contribution in [2.75, 3.05) is 0 Å². The van der Waals surface area contributed by atoms with Crippen molar-refractivity contribution in [3.05, 3.63) is 34.4 Å². The summed E-state index contributed by atoms with van der Waals surface area (Å²) in [6.07, 6.45) is -2.58. The van der Waals surface area contributed by atoms with Crippen LogP contribution in [0.5, 0.6) is 0 Å². The molecule has 0 aliphatic heterocycles. The number of fused-ring (bicyclic) bond motifs is 1. The van der Waals surface area contributed by atoms with Crippen LogP contribution in [0.2, 0.25) is 0 Å². The van der Waals surface area contributed by atoms with E-state index >= 15 is 0 Å². The molecular formula is C9H5BrF2N2. The van der Waals surface area contributed by atoms with Crippen LogP contribution < -0.4 is 0 Å². The van der Waals surface area contributed by atoms with E-state index in [4.69, 9.17) is 0 Å². The molecule has 0 aliphatic rings. The highest BCUT2D eigenvalue weighted by Gasteiger charge is 2.10. The van der Waals surface area contributed by atoms with Gasteiger partial charge in [-0.1, -0.05) is 15.9 Å². The van der Waals surface area contributed by atoms with E-state index in [-0.39, 0.29) is 5.69 Å². The fraction of sp³-hybridized carbons (Fsp3) is 0.111. The van der Waals surface area contributed by atoms with Crippen molar-refractivity contribution in [3.8, 4) is 0 Å². The van der Waals surface area contributed by atoms with Gasteiger partial charge in [0, 0.05) is 9.86 Å². The summed E-state index contributed by atoms with van der Waals surface area (Å²) in [5.74, 6) is 0. The Bertz CT molecular complexity index is 473. The Morgan fingerprint density at radius 2 is 1.93 bits per heavy atom. The van der Waals surface area contributed by atoms with Crippen molar-refractivity contribution in [3.63, 3.8) is 0 Å². The van der Waals surface area contributed by atoms with Gasteiger partial charge in [0.25, 0.3) is 6.43 Å². The molecule has 0 amide bonds. The van der Waals surface area contributed by atoms with E-state index in [1.54, 1.807) is 18.2 Å². The van der Waals surface area contributed by atoms with Gasteiger partial charge in [-0.05, 0) is 24.3 Å². The molecule has 0 spiro atoms. The predicted molar refractivity (Wildman–Crippen MR) is 52.2 cm³/mol. The van der Waals surface area contributed by atoms with Crippen molar-refractivity contribution in [1.29, 1.82) is 0 Å². The minimum atomic E-state index is -2.58. The maximum absolute atomic E-state index is 12.3.